The van der Waals surface area contributed by atoms with Gasteiger partial charge < -0.3 is 18.9 Å². The van der Waals surface area contributed by atoms with Gasteiger partial charge in [0.05, 0.1) is 4.90 Å². The van der Waals surface area contributed by atoms with E-state index in [1.165, 1.54) is 10.4 Å². The molecule has 0 aliphatic carbocycles. The summed E-state index contributed by atoms with van der Waals surface area (Å²) in [5.41, 5.74) is 0.835. The molecule has 4 rings (SSSR count). The molecule has 0 radical (unpaired) electrons. The quantitative estimate of drug-likeness (QED) is 0.779. The highest BCUT2D eigenvalue weighted by atomic mass is 32.2. The first kappa shape index (κ1) is 17.9. The Balaban J connectivity index is 1.59. The lowest BCUT2D eigenvalue weighted by Crippen LogP contribution is -2.30. The number of ether oxygens (including phenoxy) is 4. The molecule has 0 unspecified atom stereocenters. The fraction of sp³-hybridized carbons (Fsp3) is 0.368. The van der Waals surface area contributed by atoms with Crippen molar-refractivity contribution in [2.75, 3.05) is 33.0 Å². The summed E-state index contributed by atoms with van der Waals surface area (Å²) in [7, 11) is -3.68. The predicted molar refractivity (Wildman–Crippen MR) is 98.1 cm³/mol. The summed E-state index contributed by atoms with van der Waals surface area (Å²) in [6.45, 7) is 4.27. The first-order chi connectivity index (χ1) is 13.1. The minimum absolute atomic E-state index is 0.186. The van der Waals surface area contributed by atoms with Gasteiger partial charge in [-0.05, 0) is 29.8 Å². The topological polar surface area (TPSA) is 74.3 Å². The highest BCUT2D eigenvalue weighted by Crippen LogP contribution is 2.34. The lowest BCUT2D eigenvalue weighted by Gasteiger charge is -2.24. The van der Waals surface area contributed by atoms with E-state index < -0.39 is 10.0 Å². The molecule has 0 saturated heterocycles. The standard InChI is InChI=1S/C19H21NO6S/c1-2-20(13-14-3-5-16-18(11-14)25-9-7-23-16)27(21,22)15-4-6-17-19(12-15)26-10-8-24-17/h3-6,11-12H,2,7-10,13H2,1H3. The molecule has 0 spiro atoms. The van der Waals surface area contributed by atoms with Gasteiger partial charge in [-0.2, -0.15) is 4.31 Å². The van der Waals surface area contributed by atoms with E-state index in [9.17, 15) is 8.42 Å². The SMILES string of the molecule is CCN(Cc1ccc2c(c1)OCCO2)S(=O)(=O)c1ccc2c(c1)OCCO2. The molecule has 0 amide bonds. The number of sulfonamides is 1. The number of hydrogen-bond acceptors (Lipinski definition) is 6. The molecule has 27 heavy (non-hydrogen) atoms. The Morgan fingerprint density at radius 2 is 1.37 bits per heavy atom. The van der Waals surface area contributed by atoms with Gasteiger partial charge in [0.15, 0.2) is 23.0 Å². The molecule has 2 aliphatic heterocycles. The van der Waals surface area contributed by atoms with Crippen molar-refractivity contribution in [3.8, 4) is 23.0 Å². The molecule has 0 aromatic heterocycles. The van der Waals surface area contributed by atoms with Crippen molar-refractivity contribution >= 4 is 10.0 Å². The normalized spacial score (nSPS) is 15.6. The van der Waals surface area contributed by atoms with Crippen LogP contribution in [-0.2, 0) is 16.6 Å². The van der Waals surface area contributed by atoms with Gasteiger partial charge in [-0.3, -0.25) is 0 Å². The second kappa shape index (κ2) is 7.28. The largest absolute Gasteiger partial charge is 0.486 e. The molecule has 2 aromatic carbocycles. The Labute approximate surface area is 158 Å². The van der Waals surface area contributed by atoms with Crippen LogP contribution in [0.25, 0.3) is 0 Å². The minimum Gasteiger partial charge on any atom is -0.486 e. The monoisotopic (exact) mass is 391 g/mol. The van der Waals surface area contributed by atoms with Gasteiger partial charge in [-0.25, -0.2) is 8.42 Å². The van der Waals surface area contributed by atoms with E-state index in [0.717, 1.165) is 5.56 Å². The zero-order valence-electron chi connectivity index (χ0n) is 15.0. The van der Waals surface area contributed by atoms with Crippen molar-refractivity contribution in [2.45, 2.75) is 18.4 Å². The van der Waals surface area contributed by atoms with E-state index in [-0.39, 0.29) is 11.4 Å². The number of fused-ring (bicyclic) bond motifs is 2. The van der Waals surface area contributed by atoms with Crippen molar-refractivity contribution in [3.05, 3.63) is 42.0 Å². The molecule has 0 atom stereocenters. The highest BCUT2D eigenvalue weighted by Gasteiger charge is 2.26. The highest BCUT2D eigenvalue weighted by molar-refractivity contribution is 7.89. The van der Waals surface area contributed by atoms with Crippen LogP contribution in [-0.4, -0.2) is 45.7 Å². The van der Waals surface area contributed by atoms with Crippen molar-refractivity contribution in [1.29, 1.82) is 0 Å². The summed E-state index contributed by atoms with van der Waals surface area (Å²) < 4.78 is 49.7. The smallest absolute Gasteiger partial charge is 0.243 e. The van der Waals surface area contributed by atoms with Crippen molar-refractivity contribution in [1.82, 2.24) is 4.31 Å². The van der Waals surface area contributed by atoms with Gasteiger partial charge in [-0.15, -0.1) is 0 Å². The Morgan fingerprint density at radius 1 is 0.815 bits per heavy atom. The van der Waals surface area contributed by atoms with Crippen LogP contribution in [0.3, 0.4) is 0 Å². The Morgan fingerprint density at radius 3 is 2.00 bits per heavy atom. The molecule has 2 aromatic rings. The first-order valence-corrected chi connectivity index (χ1v) is 10.3. The average molecular weight is 391 g/mol. The second-order valence-corrected chi connectivity index (χ2v) is 8.15. The zero-order chi connectivity index (χ0) is 18.9. The van der Waals surface area contributed by atoms with Crippen LogP contribution < -0.4 is 18.9 Å². The van der Waals surface area contributed by atoms with Gasteiger partial charge in [0.25, 0.3) is 0 Å². The lowest BCUT2D eigenvalue weighted by molar-refractivity contribution is 0.171. The lowest BCUT2D eigenvalue weighted by atomic mass is 10.2. The summed E-state index contributed by atoms with van der Waals surface area (Å²) in [6.07, 6.45) is 0. The van der Waals surface area contributed by atoms with Crippen LogP contribution in [0, 0.1) is 0 Å². The van der Waals surface area contributed by atoms with Gasteiger partial charge in [-0.1, -0.05) is 13.0 Å². The van der Waals surface area contributed by atoms with E-state index >= 15 is 0 Å². The zero-order valence-corrected chi connectivity index (χ0v) is 15.8. The van der Waals surface area contributed by atoms with Gasteiger partial charge in [0.2, 0.25) is 10.0 Å². The third kappa shape index (κ3) is 3.54. The van der Waals surface area contributed by atoms with Gasteiger partial charge in [0.1, 0.15) is 26.4 Å². The van der Waals surface area contributed by atoms with Crippen molar-refractivity contribution in [3.63, 3.8) is 0 Å². The molecule has 2 aliphatic rings. The third-order valence-electron chi connectivity index (χ3n) is 4.47. The van der Waals surface area contributed by atoms with Crippen LogP contribution in [0.2, 0.25) is 0 Å². The Bertz CT molecular complexity index is 943. The predicted octanol–water partition coefficient (Wildman–Crippen LogP) is 2.44. The summed E-state index contributed by atoms with van der Waals surface area (Å²) >= 11 is 0. The number of hydrogen-bond donors (Lipinski definition) is 0. The van der Waals surface area contributed by atoms with Crippen LogP contribution >= 0.6 is 0 Å². The maximum Gasteiger partial charge on any atom is 0.243 e. The van der Waals surface area contributed by atoms with Crippen molar-refractivity contribution in [2.24, 2.45) is 0 Å². The van der Waals surface area contributed by atoms with E-state index in [0.29, 0.717) is 56.0 Å². The van der Waals surface area contributed by atoms with Crippen LogP contribution in [0.4, 0.5) is 0 Å². The number of benzene rings is 2. The average Bonchev–Trinajstić information content (AvgIpc) is 2.71. The van der Waals surface area contributed by atoms with Crippen molar-refractivity contribution < 1.29 is 27.4 Å². The van der Waals surface area contributed by atoms with Crippen LogP contribution in [0.15, 0.2) is 41.3 Å². The summed E-state index contributed by atoms with van der Waals surface area (Å²) in [5.74, 6) is 2.35. The Hall–Kier alpha value is -2.45. The minimum atomic E-state index is -3.68. The van der Waals surface area contributed by atoms with E-state index in [2.05, 4.69) is 0 Å². The molecule has 0 bridgehead atoms. The van der Waals surface area contributed by atoms with E-state index in [4.69, 9.17) is 18.9 Å². The molecule has 0 saturated carbocycles. The van der Waals surface area contributed by atoms with E-state index in [1.54, 1.807) is 12.1 Å². The van der Waals surface area contributed by atoms with E-state index in [1.807, 2.05) is 25.1 Å². The molecule has 8 heteroatoms. The molecule has 0 N–H and O–H groups in total. The molecular formula is C19H21NO6S. The molecule has 2 heterocycles. The summed E-state index contributed by atoms with van der Waals surface area (Å²) in [4.78, 5) is 0.186. The first-order valence-electron chi connectivity index (χ1n) is 8.86. The maximum atomic E-state index is 13.1. The number of rotatable bonds is 5. The summed E-state index contributed by atoms with van der Waals surface area (Å²) in [5, 5.41) is 0. The van der Waals surface area contributed by atoms with Gasteiger partial charge in [0, 0.05) is 19.2 Å². The third-order valence-corrected chi connectivity index (χ3v) is 6.39. The molecular weight excluding hydrogens is 370 g/mol. The second-order valence-electron chi connectivity index (χ2n) is 6.21. The van der Waals surface area contributed by atoms with Crippen LogP contribution in [0.5, 0.6) is 23.0 Å². The van der Waals surface area contributed by atoms with Crippen LogP contribution in [0.1, 0.15) is 12.5 Å². The maximum absolute atomic E-state index is 13.1. The Kier molecular flexibility index (Phi) is 4.84. The fourth-order valence-corrected chi connectivity index (χ4v) is 4.54. The number of nitrogens with zero attached hydrogens (tertiary/aromatic N) is 1. The molecule has 144 valence electrons. The van der Waals surface area contributed by atoms with Gasteiger partial charge >= 0.3 is 0 Å². The summed E-state index contributed by atoms with van der Waals surface area (Å²) in [6, 6.07) is 10.2. The molecule has 7 nitrogen and oxygen atoms in total. The fourth-order valence-electron chi connectivity index (χ4n) is 3.09. The molecule has 0 fully saturated rings.